The number of rotatable bonds is 6. The molecule has 4 nitrogen and oxygen atoms in total. The molecule has 0 aliphatic heterocycles. The molecule has 0 bridgehead atoms. The monoisotopic (exact) mass is 312 g/mol. The minimum Gasteiger partial charge on any atom is -0.304 e. The van der Waals surface area contributed by atoms with Gasteiger partial charge >= 0.3 is 0 Å². The van der Waals surface area contributed by atoms with Gasteiger partial charge in [0.1, 0.15) is 12.7 Å². The summed E-state index contributed by atoms with van der Waals surface area (Å²) < 4.78 is 1.83. The Bertz CT molecular complexity index is 698. The molecule has 1 heterocycles. The van der Waals surface area contributed by atoms with Gasteiger partial charge in [0.25, 0.3) is 0 Å². The van der Waals surface area contributed by atoms with Crippen molar-refractivity contribution in [1.82, 2.24) is 20.1 Å². The molecule has 0 saturated carbocycles. The highest BCUT2D eigenvalue weighted by atomic mass is 35.5. The first-order chi connectivity index (χ1) is 10.8. The Balaban J connectivity index is 1.75. The number of halogens is 1. The van der Waals surface area contributed by atoms with Crippen LogP contribution in [0.1, 0.15) is 17.2 Å². The molecular weight excluding hydrogens is 296 g/mol. The highest BCUT2D eigenvalue weighted by Gasteiger charge is 2.12. The van der Waals surface area contributed by atoms with Crippen LogP contribution in [0.15, 0.2) is 67.3 Å². The van der Waals surface area contributed by atoms with E-state index in [4.69, 9.17) is 11.6 Å². The summed E-state index contributed by atoms with van der Waals surface area (Å²) in [5.74, 6) is 0. The zero-order chi connectivity index (χ0) is 15.2. The predicted molar refractivity (Wildman–Crippen MR) is 87.5 cm³/mol. The van der Waals surface area contributed by atoms with Gasteiger partial charge < -0.3 is 5.32 Å². The lowest BCUT2D eigenvalue weighted by Crippen LogP contribution is -2.25. The van der Waals surface area contributed by atoms with Crippen LogP contribution in [0.3, 0.4) is 0 Å². The lowest BCUT2D eigenvalue weighted by molar-refractivity contribution is 0.437. The summed E-state index contributed by atoms with van der Waals surface area (Å²) in [6, 6.07) is 18.3. The summed E-state index contributed by atoms with van der Waals surface area (Å²) >= 11 is 6.23. The maximum absolute atomic E-state index is 6.23. The SMILES string of the molecule is Clc1ccccc1CN[C@H](Cn1cncn1)c1ccccc1. The van der Waals surface area contributed by atoms with E-state index >= 15 is 0 Å². The number of benzene rings is 2. The second kappa shape index (κ2) is 7.20. The van der Waals surface area contributed by atoms with E-state index < -0.39 is 0 Å². The van der Waals surface area contributed by atoms with Gasteiger partial charge in [0.05, 0.1) is 12.6 Å². The summed E-state index contributed by atoms with van der Waals surface area (Å²) in [5, 5.41) is 8.53. The third-order valence-electron chi connectivity index (χ3n) is 3.53. The van der Waals surface area contributed by atoms with Crippen LogP contribution in [-0.4, -0.2) is 14.8 Å². The van der Waals surface area contributed by atoms with E-state index in [0.29, 0.717) is 13.1 Å². The molecule has 0 amide bonds. The average Bonchev–Trinajstić information content (AvgIpc) is 3.07. The van der Waals surface area contributed by atoms with E-state index in [1.165, 1.54) is 5.56 Å². The van der Waals surface area contributed by atoms with Gasteiger partial charge in [-0.15, -0.1) is 0 Å². The molecular formula is C17H17ClN4. The first-order valence-corrected chi connectivity index (χ1v) is 7.55. The fraction of sp³-hybridized carbons (Fsp3) is 0.176. The van der Waals surface area contributed by atoms with E-state index in [-0.39, 0.29) is 6.04 Å². The zero-order valence-corrected chi connectivity index (χ0v) is 12.8. The average molecular weight is 313 g/mol. The summed E-state index contributed by atoms with van der Waals surface area (Å²) in [6.07, 6.45) is 3.28. The third kappa shape index (κ3) is 3.72. The van der Waals surface area contributed by atoms with Crippen LogP contribution in [0.25, 0.3) is 0 Å². The summed E-state index contributed by atoms with van der Waals surface area (Å²) in [7, 11) is 0. The number of hydrogen-bond donors (Lipinski definition) is 1. The molecule has 1 N–H and O–H groups in total. The van der Waals surface area contributed by atoms with Gasteiger partial charge in [-0.25, -0.2) is 4.98 Å². The van der Waals surface area contributed by atoms with Crippen LogP contribution < -0.4 is 5.32 Å². The van der Waals surface area contributed by atoms with E-state index in [2.05, 4.69) is 27.5 Å². The van der Waals surface area contributed by atoms with Crippen molar-refractivity contribution in [3.05, 3.63) is 83.4 Å². The molecule has 3 aromatic rings. The van der Waals surface area contributed by atoms with Gasteiger partial charge in [-0.1, -0.05) is 60.1 Å². The molecule has 3 rings (SSSR count). The first-order valence-electron chi connectivity index (χ1n) is 7.17. The van der Waals surface area contributed by atoms with Gasteiger partial charge in [0.15, 0.2) is 0 Å². The van der Waals surface area contributed by atoms with Crippen molar-refractivity contribution < 1.29 is 0 Å². The van der Waals surface area contributed by atoms with Crippen molar-refractivity contribution in [1.29, 1.82) is 0 Å². The topological polar surface area (TPSA) is 42.7 Å². The molecule has 0 unspecified atom stereocenters. The van der Waals surface area contributed by atoms with Crippen molar-refractivity contribution in [2.45, 2.75) is 19.1 Å². The molecule has 112 valence electrons. The maximum atomic E-state index is 6.23. The molecule has 0 fully saturated rings. The Kier molecular flexibility index (Phi) is 4.83. The maximum Gasteiger partial charge on any atom is 0.137 e. The van der Waals surface area contributed by atoms with Crippen molar-refractivity contribution >= 4 is 11.6 Å². The van der Waals surface area contributed by atoms with Crippen molar-refractivity contribution in [2.24, 2.45) is 0 Å². The van der Waals surface area contributed by atoms with Gasteiger partial charge in [-0.3, -0.25) is 4.68 Å². The first kappa shape index (κ1) is 14.8. The molecule has 0 aliphatic rings. The standard InChI is InChI=1S/C17H17ClN4/c18-16-9-5-4-8-15(16)10-20-17(11-22-13-19-12-21-22)14-6-2-1-3-7-14/h1-9,12-13,17,20H,10-11H2/t17-/m1/s1. The molecule has 5 heteroatoms. The lowest BCUT2D eigenvalue weighted by atomic mass is 10.1. The second-order valence-electron chi connectivity index (χ2n) is 5.05. The fourth-order valence-electron chi connectivity index (χ4n) is 2.36. The lowest BCUT2D eigenvalue weighted by Gasteiger charge is -2.19. The van der Waals surface area contributed by atoms with E-state index in [1.54, 1.807) is 12.7 Å². The van der Waals surface area contributed by atoms with E-state index in [9.17, 15) is 0 Å². The number of nitrogens with one attached hydrogen (secondary N) is 1. The van der Waals surface area contributed by atoms with Crippen LogP contribution in [0.4, 0.5) is 0 Å². The van der Waals surface area contributed by atoms with E-state index in [0.717, 1.165) is 10.6 Å². The Morgan fingerprint density at radius 3 is 2.55 bits per heavy atom. The van der Waals surface area contributed by atoms with Crippen LogP contribution in [0, 0.1) is 0 Å². The quantitative estimate of drug-likeness (QED) is 0.758. The van der Waals surface area contributed by atoms with Crippen molar-refractivity contribution in [3.8, 4) is 0 Å². The fourth-order valence-corrected chi connectivity index (χ4v) is 2.56. The molecule has 1 atom stereocenters. The van der Waals surface area contributed by atoms with Gasteiger partial charge in [-0.05, 0) is 17.2 Å². The van der Waals surface area contributed by atoms with Crippen molar-refractivity contribution in [3.63, 3.8) is 0 Å². The van der Waals surface area contributed by atoms with Gasteiger partial charge in [0, 0.05) is 11.6 Å². The van der Waals surface area contributed by atoms with Crippen LogP contribution >= 0.6 is 11.6 Å². The largest absolute Gasteiger partial charge is 0.304 e. The Morgan fingerprint density at radius 1 is 1.05 bits per heavy atom. The second-order valence-corrected chi connectivity index (χ2v) is 5.46. The van der Waals surface area contributed by atoms with Gasteiger partial charge in [-0.2, -0.15) is 5.10 Å². The van der Waals surface area contributed by atoms with Crippen LogP contribution in [-0.2, 0) is 13.1 Å². The molecule has 2 aromatic carbocycles. The van der Waals surface area contributed by atoms with E-state index in [1.807, 2.05) is 47.1 Å². The summed E-state index contributed by atoms with van der Waals surface area (Å²) in [5.41, 5.74) is 2.30. The molecule has 0 radical (unpaired) electrons. The highest BCUT2D eigenvalue weighted by Crippen LogP contribution is 2.18. The predicted octanol–water partition coefficient (Wildman–Crippen LogP) is 3.46. The van der Waals surface area contributed by atoms with Crippen LogP contribution in [0.5, 0.6) is 0 Å². The Labute approximate surface area is 134 Å². The molecule has 1 aromatic heterocycles. The number of aromatic nitrogens is 3. The zero-order valence-electron chi connectivity index (χ0n) is 12.1. The van der Waals surface area contributed by atoms with Crippen molar-refractivity contribution in [2.75, 3.05) is 0 Å². The minimum absolute atomic E-state index is 0.138. The van der Waals surface area contributed by atoms with Gasteiger partial charge in [0.2, 0.25) is 0 Å². The normalized spacial score (nSPS) is 12.2. The summed E-state index contributed by atoms with van der Waals surface area (Å²) in [6.45, 7) is 1.42. The Morgan fingerprint density at radius 2 is 1.82 bits per heavy atom. The highest BCUT2D eigenvalue weighted by molar-refractivity contribution is 6.31. The molecule has 0 aliphatic carbocycles. The Hall–Kier alpha value is -2.17. The third-order valence-corrected chi connectivity index (χ3v) is 3.90. The molecule has 22 heavy (non-hydrogen) atoms. The van der Waals surface area contributed by atoms with Crippen LogP contribution in [0.2, 0.25) is 5.02 Å². The number of nitrogens with zero attached hydrogens (tertiary/aromatic N) is 3. The number of hydrogen-bond acceptors (Lipinski definition) is 3. The molecule has 0 saturated heterocycles. The molecule has 0 spiro atoms. The smallest absolute Gasteiger partial charge is 0.137 e. The minimum atomic E-state index is 0.138. The summed E-state index contributed by atoms with van der Waals surface area (Å²) in [4.78, 5) is 4.00.